The van der Waals surface area contributed by atoms with Crippen molar-refractivity contribution in [3.05, 3.63) is 23.8 Å². The summed E-state index contributed by atoms with van der Waals surface area (Å²) in [4.78, 5) is 12.1. The molecule has 0 radical (unpaired) electrons. The van der Waals surface area contributed by atoms with Gasteiger partial charge in [0.05, 0.1) is 17.9 Å². The fraction of sp³-hybridized carbons (Fsp3) is 0.588. The van der Waals surface area contributed by atoms with E-state index in [1.807, 2.05) is 6.92 Å². The molecule has 1 saturated heterocycles. The minimum atomic E-state index is -4.46. The van der Waals surface area contributed by atoms with Crippen molar-refractivity contribution in [3.8, 4) is 5.75 Å². The highest BCUT2D eigenvalue weighted by atomic mass is 19.4. The van der Waals surface area contributed by atoms with Crippen LogP contribution < -0.4 is 15.4 Å². The Labute approximate surface area is 139 Å². The molecule has 4 nitrogen and oxygen atoms in total. The quantitative estimate of drug-likeness (QED) is 0.790. The molecule has 1 heterocycles. The van der Waals surface area contributed by atoms with E-state index >= 15 is 0 Å². The van der Waals surface area contributed by atoms with Crippen molar-refractivity contribution in [1.29, 1.82) is 0 Å². The van der Waals surface area contributed by atoms with Crippen molar-refractivity contribution in [2.45, 2.75) is 38.8 Å². The average molecular weight is 344 g/mol. The van der Waals surface area contributed by atoms with Gasteiger partial charge in [-0.1, -0.05) is 6.92 Å². The highest BCUT2D eigenvalue weighted by Crippen LogP contribution is 2.35. The predicted molar refractivity (Wildman–Crippen MR) is 86.1 cm³/mol. The molecule has 1 amide bonds. The summed E-state index contributed by atoms with van der Waals surface area (Å²) in [7, 11) is 0. The Kier molecular flexibility index (Phi) is 6.48. The van der Waals surface area contributed by atoms with Crippen molar-refractivity contribution in [2.75, 3.05) is 25.0 Å². The van der Waals surface area contributed by atoms with Gasteiger partial charge >= 0.3 is 6.18 Å². The Bertz CT molecular complexity index is 555. The lowest BCUT2D eigenvalue weighted by Gasteiger charge is -2.15. The molecule has 2 rings (SSSR count). The number of halogens is 3. The molecule has 0 spiro atoms. The Balaban J connectivity index is 2.04. The van der Waals surface area contributed by atoms with E-state index in [1.54, 1.807) is 0 Å². The Morgan fingerprint density at radius 1 is 1.42 bits per heavy atom. The molecule has 1 unspecified atom stereocenters. The second-order valence-electron chi connectivity index (χ2n) is 6.00. The second kappa shape index (κ2) is 8.37. The van der Waals surface area contributed by atoms with E-state index in [-0.39, 0.29) is 23.8 Å². The van der Waals surface area contributed by atoms with Crippen molar-refractivity contribution in [3.63, 3.8) is 0 Å². The molecule has 0 bridgehead atoms. The first-order valence-electron chi connectivity index (χ1n) is 8.24. The maximum Gasteiger partial charge on any atom is 0.416 e. The number of ether oxygens (including phenoxy) is 1. The van der Waals surface area contributed by atoms with E-state index in [9.17, 15) is 18.0 Å². The van der Waals surface area contributed by atoms with Gasteiger partial charge in [0.25, 0.3) is 0 Å². The van der Waals surface area contributed by atoms with Gasteiger partial charge in [0.15, 0.2) is 0 Å². The summed E-state index contributed by atoms with van der Waals surface area (Å²) >= 11 is 0. The molecule has 1 fully saturated rings. The highest BCUT2D eigenvalue weighted by Gasteiger charge is 2.31. The normalized spacial score (nSPS) is 17.8. The van der Waals surface area contributed by atoms with Crippen LogP contribution in [0.15, 0.2) is 18.2 Å². The summed E-state index contributed by atoms with van der Waals surface area (Å²) in [6.45, 7) is 4.12. The molecule has 1 aliphatic heterocycles. The lowest BCUT2D eigenvalue weighted by molar-refractivity contribution is -0.137. The molecule has 2 N–H and O–H groups in total. The van der Waals surface area contributed by atoms with Gasteiger partial charge in [0.1, 0.15) is 5.75 Å². The van der Waals surface area contributed by atoms with E-state index in [1.165, 1.54) is 6.07 Å². The van der Waals surface area contributed by atoms with Crippen LogP contribution >= 0.6 is 0 Å². The zero-order chi connectivity index (χ0) is 17.6. The van der Waals surface area contributed by atoms with Crippen LogP contribution in [0.2, 0.25) is 0 Å². The second-order valence-corrected chi connectivity index (χ2v) is 6.00. The van der Waals surface area contributed by atoms with Crippen LogP contribution in [0.25, 0.3) is 0 Å². The average Bonchev–Trinajstić information content (AvgIpc) is 3.04. The number of alkyl halides is 3. The maximum atomic E-state index is 12.9. The summed E-state index contributed by atoms with van der Waals surface area (Å²) < 4.78 is 44.1. The standard InChI is InChI=1S/C17H23F3N2O2/c1-2-9-24-15-5-4-13(17(18,19)20)10-14(15)22-16(23)6-3-12-7-8-21-11-12/h4-5,10,12,21H,2-3,6-9,11H2,1H3,(H,22,23). The third-order valence-corrected chi connectivity index (χ3v) is 3.98. The van der Waals surface area contributed by atoms with Gasteiger partial charge < -0.3 is 15.4 Å². The molecular formula is C17H23F3N2O2. The van der Waals surface area contributed by atoms with Gasteiger partial charge in [0, 0.05) is 6.42 Å². The summed E-state index contributed by atoms with van der Waals surface area (Å²) in [5.74, 6) is 0.427. The Morgan fingerprint density at radius 2 is 2.21 bits per heavy atom. The first-order valence-corrected chi connectivity index (χ1v) is 8.24. The van der Waals surface area contributed by atoms with Crippen LogP contribution in [0.1, 0.15) is 38.2 Å². The lowest BCUT2D eigenvalue weighted by Crippen LogP contribution is -2.16. The molecule has 0 aliphatic carbocycles. The molecule has 134 valence electrons. The van der Waals surface area contributed by atoms with Crippen LogP contribution in [0.3, 0.4) is 0 Å². The number of rotatable bonds is 7. The van der Waals surface area contributed by atoms with E-state index in [4.69, 9.17) is 4.74 Å². The lowest BCUT2D eigenvalue weighted by atomic mass is 10.0. The van der Waals surface area contributed by atoms with Crippen LogP contribution in [0, 0.1) is 5.92 Å². The molecule has 0 aromatic heterocycles. The number of amides is 1. The molecule has 24 heavy (non-hydrogen) atoms. The van der Waals surface area contributed by atoms with Gasteiger partial charge in [-0.3, -0.25) is 4.79 Å². The molecule has 1 aromatic carbocycles. The first kappa shape index (κ1) is 18.6. The Morgan fingerprint density at radius 3 is 2.83 bits per heavy atom. The summed E-state index contributed by atoms with van der Waals surface area (Å²) in [6, 6.07) is 3.15. The number of hydrogen-bond acceptors (Lipinski definition) is 3. The third kappa shape index (κ3) is 5.40. The summed E-state index contributed by atoms with van der Waals surface area (Å²) in [5.41, 5.74) is -0.727. The predicted octanol–water partition coefficient (Wildman–Crippen LogP) is 3.82. The summed E-state index contributed by atoms with van der Waals surface area (Å²) in [5, 5.41) is 5.80. The topological polar surface area (TPSA) is 50.4 Å². The van der Waals surface area contributed by atoms with Crippen LogP contribution in [0.4, 0.5) is 18.9 Å². The van der Waals surface area contributed by atoms with Gasteiger partial charge in [-0.2, -0.15) is 13.2 Å². The van der Waals surface area contributed by atoms with E-state index in [2.05, 4.69) is 10.6 Å². The SMILES string of the molecule is CCCOc1ccc(C(F)(F)F)cc1NC(=O)CCC1CCNC1. The van der Waals surface area contributed by atoms with E-state index in [0.29, 0.717) is 12.5 Å². The van der Waals surface area contributed by atoms with Crippen molar-refractivity contribution >= 4 is 11.6 Å². The van der Waals surface area contributed by atoms with Crippen molar-refractivity contribution in [1.82, 2.24) is 5.32 Å². The molecule has 1 aromatic rings. The number of nitrogens with one attached hydrogen (secondary N) is 2. The molecule has 1 atom stereocenters. The fourth-order valence-electron chi connectivity index (χ4n) is 2.65. The molecule has 7 heteroatoms. The number of carbonyl (C=O) groups excluding carboxylic acids is 1. The van der Waals surface area contributed by atoms with Crippen molar-refractivity contribution < 1.29 is 22.7 Å². The number of hydrogen-bond donors (Lipinski definition) is 2. The van der Waals surface area contributed by atoms with Crippen molar-refractivity contribution in [2.24, 2.45) is 5.92 Å². The van der Waals surface area contributed by atoms with E-state index < -0.39 is 11.7 Å². The fourth-order valence-corrected chi connectivity index (χ4v) is 2.65. The number of benzene rings is 1. The van der Waals surface area contributed by atoms with Gasteiger partial charge in [0.2, 0.25) is 5.91 Å². The van der Waals surface area contributed by atoms with Crippen LogP contribution in [-0.4, -0.2) is 25.6 Å². The number of carbonyl (C=O) groups is 1. The largest absolute Gasteiger partial charge is 0.491 e. The van der Waals surface area contributed by atoms with Crippen LogP contribution in [-0.2, 0) is 11.0 Å². The monoisotopic (exact) mass is 344 g/mol. The highest BCUT2D eigenvalue weighted by molar-refractivity contribution is 5.92. The zero-order valence-electron chi connectivity index (χ0n) is 13.7. The van der Waals surface area contributed by atoms with Gasteiger partial charge in [-0.25, -0.2) is 0 Å². The minimum Gasteiger partial charge on any atom is -0.491 e. The zero-order valence-corrected chi connectivity index (χ0v) is 13.7. The molecule has 0 saturated carbocycles. The smallest absolute Gasteiger partial charge is 0.416 e. The first-order chi connectivity index (χ1) is 11.4. The maximum absolute atomic E-state index is 12.9. The van der Waals surface area contributed by atoms with Crippen LogP contribution in [0.5, 0.6) is 5.75 Å². The van der Waals surface area contributed by atoms with E-state index in [0.717, 1.165) is 44.5 Å². The van der Waals surface area contributed by atoms with Gasteiger partial charge in [-0.15, -0.1) is 0 Å². The number of anilines is 1. The Hall–Kier alpha value is -1.76. The molecular weight excluding hydrogens is 321 g/mol. The van der Waals surface area contributed by atoms with Gasteiger partial charge in [-0.05, 0) is 56.5 Å². The summed E-state index contributed by atoms with van der Waals surface area (Å²) in [6.07, 6.45) is -1.69. The minimum absolute atomic E-state index is 0.0767. The molecule has 1 aliphatic rings. The third-order valence-electron chi connectivity index (χ3n) is 3.98.